The zero-order chi connectivity index (χ0) is 18.9. The Morgan fingerprint density at radius 1 is 0.889 bits per heavy atom. The van der Waals surface area contributed by atoms with E-state index in [2.05, 4.69) is 17.4 Å². The van der Waals surface area contributed by atoms with Gasteiger partial charge < -0.3 is 10.1 Å². The van der Waals surface area contributed by atoms with Gasteiger partial charge in [0.25, 0.3) is 5.91 Å². The van der Waals surface area contributed by atoms with Gasteiger partial charge in [-0.2, -0.15) is 0 Å². The highest BCUT2D eigenvalue weighted by atomic mass is 16.5. The summed E-state index contributed by atoms with van der Waals surface area (Å²) in [6, 6.07) is 26.0. The summed E-state index contributed by atoms with van der Waals surface area (Å²) in [6.45, 7) is 2.95. The average Bonchev–Trinajstić information content (AvgIpc) is 2.70. The van der Waals surface area contributed by atoms with E-state index in [0.29, 0.717) is 13.2 Å². The Hall–Kier alpha value is -3.07. The molecule has 3 rings (SSSR count). The van der Waals surface area contributed by atoms with Crippen LogP contribution in [0.15, 0.2) is 78.9 Å². The van der Waals surface area contributed by atoms with Crippen LogP contribution < -0.4 is 10.1 Å². The van der Waals surface area contributed by atoms with Crippen molar-refractivity contribution in [1.29, 1.82) is 0 Å². The first kappa shape index (κ1) is 18.7. The van der Waals surface area contributed by atoms with Crippen molar-refractivity contribution in [3.05, 3.63) is 101 Å². The fourth-order valence-corrected chi connectivity index (χ4v) is 3.02. The summed E-state index contributed by atoms with van der Waals surface area (Å²) in [5.41, 5.74) is 4.24. The van der Waals surface area contributed by atoms with Crippen molar-refractivity contribution in [2.75, 3.05) is 13.2 Å². The minimum absolute atomic E-state index is 0.0495. The summed E-state index contributed by atoms with van der Waals surface area (Å²) in [6.07, 6.45) is 1.76. The fraction of sp³-hybridized carbons (Fsp3) is 0.208. The summed E-state index contributed by atoms with van der Waals surface area (Å²) < 4.78 is 5.69. The van der Waals surface area contributed by atoms with E-state index in [1.807, 2.05) is 73.7 Å². The summed E-state index contributed by atoms with van der Waals surface area (Å²) in [4.78, 5) is 12.6. The molecule has 0 aliphatic heterocycles. The Kier molecular flexibility index (Phi) is 6.64. The molecule has 3 aromatic carbocycles. The zero-order valence-corrected chi connectivity index (χ0v) is 15.7. The second-order valence-corrected chi connectivity index (χ2v) is 6.56. The second-order valence-electron chi connectivity index (χ2n) is 6.56. The maximum absolute atomic E-state index is 12.6. The number of hydrogen-bond donors (Lipinski definition) is 1. The Morgan fingerprint density at radius 3 is 2.48 bits per heavy atom. The molecule has 3 nitrogen and oxygen atoms in total. The van der Waals surface area contributed by atoms with Gasteiger partial charge in [0.15, 0.2) is 0 Å². The number of nitrogens with one attached hydrogen (secondary N) is 1. The summed E-state index contributed by atoms with van der Waals surface area (Å²) in [7, 11) is 0. The number of rotatable bonds is 8. The predicted octanol–water partition coefficient (Wildman–Crippen LogP) is 4.59. The van der Waals surface area contributed by atoms with Gasteiger partial charge in [0, 0.05) is 5.56 Å². The van der Waals surface area contributed by atoms with Crippen LogP contribution in [0, 0.1) is 6.92 Å². The highest BCUT2D eigenvalue weighted by molar-refractivity contribution is 5.95. The van der Waals surface area contributed by atoms with Crippen molar-refractivity contribution in [2.24, 2.45) is 0 Å². The molecule has 0 heterocycles. The maximum atomic E-state index is 12.6. The highest BCUT2D eigenvalue weighted by Gasteiger charge is 2.10. The predicted molar refractivity (Wildman–Crippen MR) is 109 cm³/mol. The SMILES string of the molecule is Cc1cccc(OCCNC(=O)c2ccccc2CCc2ccccc2)c1. The Morgan fingerprint density at radius 2 is 1.67 bits per heavy atom. The molecule has 138 valence electrons. The van der Waals surface area contributed by atoms with E-state index in [1.165, 1.54) is 5.56 Å². The lowest BCUT2D eigenvalue weighted by Crippen LogP contribution is -2.29. The van der Waals surface area contributed by atoms with E-state index in [4.69, 9.17) is 4.74 Å². The first-order chi connectivity index (χ1) is 13.2. The highest BCUT2D eigenvalue weighted by Crippen LogP contribution is 2.14. The molecule has 3 aromatic rings. The Balaban J connectivity index is 1.52. The Labute approximate surface area is 161 Å². The number of ether oxygens (including phenoxy) is 1. The lowest BCUT2D eigenvalue weighted by Gasteiger charge is -2.11. The molecule has 0 bridgehead atoms. The summed E-state index contributed by atoms with van der Waals surface area (Å²) in [5, 5.41) is 2.96. The maximum Gasteiger partial charge on any atom is 0.251 e. The number of aryl methyl sites for hydroxylation is 3. The van der Waals surface area contributed by atoms with Gasteiger partial charge in [-0.05, 0) is 54.7 Å². The number of carbonyl (C=O) groups is 1. The van der Waals surface area contributed by atoms with Crippen LogP contribution in [-0.4, -0.2) is 19.1 Å². The van der Waals surface area contributed by atoms with E-state index in [9.17, 15) is 4.79 Å². The van der Waals surface area contributed by atoms with Crippen LogP contribution in [-0.2, 0) is 12.8 Å². The molecule has 27 heavy (non-hydrogen) atoms. The molecule has 0 saturated heterocycles. The van der Waals surface area contributed by atoms with Crippen LogP contribution in [0.5, 0.6) is 5.75 Å². The quantitative estimate of drug-likeness (QED) is 0.598. The largest absolute Gasteiger partial charge is 0.492 e. The van der Waals surface area contributed by atoms with Crippen molar-refractivity contribution in [3.8, 4) is 5.75 Å². The fourth-order valence-electron chi connectivity index (χ4n) is 3.02. The van der Waals surface area contributed by atoms with Crippen LogP contribution in [0.2, 0.25) is 0 Å². The van der Waals surface area contributed by atoms with Gasteiger partial charge in [0.2, 0.25) is 0 Å². The number of hydrogen-bond acceptors (Lipinski definition) is 2. The zero-order valence-electron chi connectivity index (χ0n) is 15.7. The third-order valence-electron chi connectivity index (χ3n) is 4.43. The Bertz CT molecular complexity index is 874. The standard InChI is InChI=1S/C24H25NO2/c1-19-8-7-12-22(18-19)27-17-16-25-24(26)23-13-6-5-11-21(23)15-14-20-9-3-2-4-10-20/h2-13,18H,14-17H2,1H3,(H,25,26). The lowest BCUT2D eigenvalue weighted by atomic mass is 9.99. The topological polar surface area (TPSA) is 38.3 Å². The van der Waals surface area contributed by atoms with Crippen molar-refractivity contribution in [2.45, 2.75) is 19.8 Å². The molecule has 0 spiro atoms. The molecular weight excluding hydrogens is 334 g/mol. The van der Waals surface area contributed by atoms with Gasteiger partial charge in [-0.1, -0.05) is 60.7 Å². The van der Waals surface area contributed by atoms with Gasteiger partial charge in [0.05, 0.1) is 6.54 Å². The summed E-state index contributed by atoms with van der Waals surface area (Å²) >= 11 is 0. The van der Waals surface area contributed by atoms with E-state index < -0.39 is 0 Å². The minimum atomic E-state index is -0.0495. The van der Waals surface area contributed by atoms with E-state index in [0.717, 1.165) is 35.3 Å². The molecule has 0 saturated carbocycles. The molecule has 3 heteroatoms. The van der Waals surface area contributed by atoms with Gasteiger partial charge in [-0.25, -0.2) is 0 Å². The van der Waals surface area contributed by atoms with Crippen LogP contribution in [0.1, 0.15) is 27.0 Å². The smallest absolute Gasteiger partial charge is 0.251 e. The molecule has 0 unspecified atom stereocenters. The molecule has 0 fully saturated rings. The van der Waals surface area contributed by atoms with Crippen LogP contribution >= 0.6 is 0 Å². The summed E-state index contributed by atoms with van der Waals surface area (Å²) in [5.74, 6) is 0.777. The first-order valence-corrected chi connectivity index (χ1v) is 9.32. The lowest BCUT2D eigenvalue weighted by molar-refractivity contribution is 0.0946. The van der Waals surface area contributed by atoms with Gasteiger partial charge in [0.1, 0.15) is 12.4 Å². The number of amides is 1. The first-order valence-electron chi connectivity index (χ1n) is 9.32. The molecule has 1 N–H and O–H groups in total. The third-order valence-corrected chi connectivity index (χ3v) is 4.43. The molecule has 0 aliphatic carbocycles. The number of carbonyl (C=O) groups excluding carboxylic acids is 1. The van der Waals surface area contributed by atoms with Gasteiger partial charge >= 0.3 is 0 Å². The van der Waals surface area contributed by atoms with Crippen LogP contribution in [0.4, 0.5) is 0 Å². The van der Waals surface area contributed by atoms with Crippen molar-refractivity contribution >= 4 is 5.91 Å². The molecule has 1 amide bonds. The van der Waals surface area contributed by atoms with Gasteiger partial charge in [-0.3, -0.25) is 4.79 Å². The van der Waals surface area contributed by atoms with Crippen LogP contribution in [0.25, 0.3) is 0 Å². The average molecular weight is 359 g/mol. The normalized spacial score (nSPS) is 10.4. The molecular formula is C24H25NO2. The number of benzene rings is 3. The van der Waals surface area contributed by atoms with Gasteiger partial charge in [-0.15, -0.1) is 0 Å². The van der Waals surface area contributed by atoms with Crippen molar-refractivity contribution < 1.29 is 9.53 Å². The van der Waals surface area contributed by atoms with Crippen LogP contribution in [0.3, 0.4) is 0 Å². The van der Waals surface area contributed by atoms with E-state index >= 15 is 0 Å². The van der Waals surface area contributed by atoms with Crippen molar-refractivity contribution in [3.63, 3.8) is 0 Å². The minimum Gasteiger partial charge on any atom is -0.492 e. The molecule has 0 aliphatic rings. The van der Waals surface area contributed by atoms with E-state index in [1.54, 1.807) is 0 Å². The monoisotopic (exact) mass is 359 g/mol. The third kappa shape index (κ3) is 5.71. The van der Waals surface area contributed by atoms with Crippen molar-refractivity contribution in [1.82, 2.24) is 5.32 Å². The molecule has 0 atom stereocenters. The molecule has 0 aromatic heterocycles. The second kappa shape index (κ2) is 9.58. The molecule has 0 radical (unpaired) electrons. The van der Waals surface area contributed by atoms with E-state index in [-0.39, 0.29) is 5.91 Å².